The summed E-state index contributed by atoms with van der Waals surface area (Å²) in [4.78, 5) is 16.6. The molecule has 25 heavy (non-hydrogen) atoms. The number of carbonyl (C=O) groups excluding carboxylic acids is 1. The summed E-state index contributed by atoms with van der Waals surface area (Å²) < 4.78 is 12.9. The molecule has 0 saturated carbocycles. The van der Waals surface area contributed by atoms with Crippen molar-refractivity contribution in [3.63, 3.8) is 0 Å². The Morgan fingerprint density at radius 2 is 1.92 bits per heavy atom. The molecule has 0 aliphatic carbocycles. The molecule has 1 heterocycles. The third-order valence-corrected chi connectivity index (χ3v) is 4.46. The summed E-state index contributed by atoms with van der Waals surface area (Å²) in [7, 11) is 0. The van der Waals surface area contributed by atoms with E-state index in [4.69, 9.17) is 0 Å². The predicted molar refractivity (Wildman–Crippen MR) is 100 cm³/mol. The van der Waals surface area contributed by atoms with Gasteiger partial charge in [-0.2, -0.15) is 0 Å². The van der Waals surface area contributed by atoms with Gasteiger partial charge in [-0.3, -0.25) is 4.79 Å². The maximum Gasteiger partial charge on any atom is 0.230 e. The second-order valence-corrected chi connectivity index (χ2v) is 6.68. The van der Waals surface area contributed by atoms with E-state index in [-0.39, 0.29) is 18.1 Å². The van der Waals surface area contributed by atoms with Crippen molar-refractivity contribution >= 4 is 33.8 Å². The maximum atomic E-state index is 12.9. The van der Waals surface area contributed by atoms with Gasteiger partial charge in [-0.05, 0) is 55.3 Å². The summed E-state index contributed by atoms with van der Waals surface area (Å²) in [5, 5.41) is 8.54. The molecule has 0 bridgehead atoms. The number of aromatic nitrogens is 1. The van der Waals surface area contributed by atoms with E-state index in [1.54, 1.807) is 12.1 Å². The zero-order chi connectivity index (χ0) is 17.8. The fourth-order valence-corrected chi connectivity index (χ4v) is 3.06. The van der Waals surface area contributed by atoms with Gasteiger partial charge in [0.2, 0.25) is 5.91 Å². The summed E-state index contributed by atoms with van der Waals surface area (Å²) in [5.41, 5.74) is 4.39. The number of anilines is 3. The van der Waals surface area contributed by atoms with Crippen molar-refractivity contribution in [2.75, 3.05) is 10.6 Å². The third-order valence-electron chi connectivity index (χ3n) is 3.66. The Labute approximate surface area is 149 Å². The molecule has 0 radical (unpaired) electrons. The van der Waals surface area contributed by atoms with Crippen LogP contribution in [0.15, 0.2) is 47.8 Å². The molecule has 0 saturated heterocycles. The fourth-order valence-electron chi connectivity index (χ4n) is 2.33. The smallest absolute Gasteiger partial charge is 0.230 e. The Bertz CT molecular complexity index is 890. The minimum Gasteiger partial charge on any atom is -0.332 e. The zero-order valence-electron chi connectivity index (χ0n) is 14.0. The Balaban J connectivity index is 1.61. The number of aryl methyl sites for hydroxylation is 2. The van der Waals surface area contributed by atoms with Gasteiger partial charge >= 0.3 is 0 Å². The normalized spacial score (nSPS) is 10.5. The molecule has 0 fully saturated rings. The molecule has 3 aromatic rings. The lowest BCUT2D eigenvalue weighted by Crippen LogP contribution is -2.15. The molecule has 4 nitrogen and oxygen atoms in total. The molecular weight excluding hydrogens is 337 g/mol. The quantitative estimate of drug-likeness (QED) is 0.690. The number of amides is 1. The van der Waals surface area contributed by atoms with Crippen molar-refractivity contribution in [3.8, 4) is 0 Å². The lowest BCUT2D eigenvalue weighted by Gasteiger charge is -2.08. The van der Waals surface area contributed by atoms with Crippen LogP contribution in [0.4, 0.5) is 20.9 Å². The van der Waals surface area contributed by atoms with Gasteiger partial charge in [0, 0.05) is 16.8 Å². The largest absolute Gasteiger partial charge is 0.332 e. The highest BCUT2D eigenvalue weighted by Gasteiger charge is 2.10. The predicted octanol–water partition coefficient (Wildman–Crippen LogP) is 4.82. The molecule has 6 heteroatoms. The van der Waals surface area contributed by atoms with Crippen LogP contribution in [0, 0.1) is 19.7 Å². The fraction of sp³-hybridized carbons (Fsp3) is 0.158. The summed E-state index contributed by atoms with van der Waals surface area (Å²) in [6.07, 6.45) is 0.203. The summed E-state index contributed by atoms with van der Waals surface area (Å²) in [6.45, 7) is 3.95. The van der Waals surface area contributed by atoms with Crippen LogP contribution >= 0.6 is 11.3 Å². The first kappa shape index (κ1) is 17.1. The Hall–Kier alpha value is -2.73. The monoisotopic (exact) mass is 355 g/mol. The van der Waals surface area contributed by atoms with Crippen molar-refractivity contribution in [1.29, 1.82) is 0 Å². The van der Waals surface area contributed by atoms with E-state index in [0.29, 0.717) is 10.8 Å². The van der Waals surface area contributed by atoms with Crippen LogP contribution in [0.25, 0.3) is 0 Å². The molecule has 0 unspecified atom stereocenters. The van der Waals surface area contributed by atoms with E-state index in [1.807, 2.05) is 37.4 Å². The van der Waals surface area contributed by atoms with Crippen molar-refractivity contribution in [2.45, 2.75) is 20.3 Å². The van der Waals surface area contributed by atoms with Gasteiger partial charge in [0.05, 0.1) is 12.1 Å². The topological polar surface area (TPSA) is 54.0 Å². The molecule has 3 rings (SSSR count). The van der Waals surface area contributed by atoms with Gasteiger partial charge in [-0.15, -0.1) is 11.3 Å². The lowest BCUT2D eigenvalue weighted by atomic mass is 10.1. The average molecular weight is 355 g/mol. The number of rotatable bonds is 5. The van der Waals surface area contributed by atoms with E-state index in [0.717, 1.165) is 22.5 Å². The van der Waals surface area contributed by atoms with Crippen LogP contribution < -0.4 is 10.6 Å². The van der Waals surface area contributed by atoms with Crippen molar-refractivity contribution in [2.24, 2.45) is 0 Å². The minimum absolute atomic E-state index is 0.104. The number of nitrogens with zero attached hydrogens (tertiary/aromatic N) is 1. The van der Waals surface area contributed by atoms with Crippen molar-refractivity contribution < 1.29 is 9.18 Å². The maximum absolute atomic E-state index is 12.9. The van der Waals surface area contributed by atoms with Gasteiger partial charge in [-0.1, -0.05) is 12.1 Å². The molecule has 1 aromatic heterocycles. The summed E-state index contributed by atoms with van der Waals surface area (Å²) in [5.74, 6) is -0.388. The second kappa shape index (κ2) is 7.44. The van der Waals surface area contributed by atoms with Gasteiger partial charge in [0.15, 0.2) is 5.13 Å². The van der Waals surface area contributed by atoms with Gasteiger partial charge < -0.3 is 10.6 Å². The number of hydrogen-bond donors (Lipinski definition) is 2. The van der Waals surface area contributed by atoms with E-state index >= 15 is 0 Å². The molecule has 1 amide bonds. The van der Waals surface area contributed by atoms with E-state index in [1.165, 1.54) is 23.5 Å². The summed E-state index contributed by atoms with van der Waals surface area (Å²) in [6, 6.07) is 12.0. The van der Waals surface area contributed by atoms with Crippen molar-refractivity contribution in [3.05, 3.63) is 70.5 Å². The van der Waals surface area contributed by atoms with Gasteiger partial charge in [0.1, 0.15) is 5.82 Å². The number of benzene rings is 2. The van der Waals surface area contributed by atoms with Crippen LogP contribution in [-0.4, -0.2) is 10.9 Å². The number of halogens is 1. The van der Waals surface area contributed by atoms with Crippen LogP contribution in [0.1, 0.15) is 16.8 Å². The first-order valence-corrected chi connectivity index (χ1v) is 8.71. The Kier molecular flexibility index (Phi) is 5.09. The first-order valence-electron chi connectivity index (χ1n) is 7.84. The summed E-state index contributed by atoms with van der Waals surface area (Å²) >= 11 is 1.41. The molecule has 0 atom stereocenters. The van der Waals surface area contributed by atoms with Crippen LogP contribution in [-0.2, 0) is 11.2 Å². The Morgan fingerprint density at radius 3 is 2.68 bits per heavy atom. The third kappa shape index (κ3) is 4.64. The van der Waals surface area contributed by atoms with E-state index < -0.39 is 0 Å². The van der Waals surface area contributed by atoms with Gasteiger partial charge in [-0.25, -0.2) is 9.37 Å². The highest BCUT2D eigenvalue weighted by atomic mass is 32.1. The van der Waals surface area contributed by atoms with Crippen LogP contribution in [0.5, 0.6) is 0 Å². The number of nitrogens with one attached hydrogen (secondary N) is 2. The molecule has 0 aliphatic heterocycles. The first-order chi connectivity index (χ1) is 12.0. The molecule has 2 N–H and O–H groups in total. The second-order valence-electron chi connectivity index (χ2n) is 5.82. The molecule has 2 aromatic carbocycles. The Morgan fingerprint density at radius 1 is 1.16 bits per heavy atom. The highest BCUT2D eigenvalue weighted by molar-refractivity contribution is 7.13. The molecule has 128 valence electrons. The number of hydrogen-bond acceptors (Lipinski definition) is 4. The molecule has 0 aliphatic rings. The standard InChI is InChI=1S/C19H18FN3OS/c1-12-3-4-13(2)17(9-12)23-18(24)10-16-11-25-19(22-16)21-15-7-5-14(20)6-8-15/h3-9,11H,10H2,1-2H3,(H,21,22)(H,23,24). The van der Waals surface area contributed by atoms with Crippen molar-refractivity contribution in [1.82, 2.24) is 4.98 Å². The van der Waals surface area contributed by atoms with Crippen LogP contribution in [0.2, 0.25) is 0 Å². The van der Waals surface area contributed by atoms with Gasteiger partial charge in [0.25, 0.3) is 0 Å². The van der Waals surface area contributed by atoms with Crippen LogP contribution in [0.3, 0.4) is 0 Å². The highest BCUT2D eigenvalue weighted by Crippen LogP contribution is 2.22. The minimum atomic E-state index is -0.284. The average Bonchev–Trinajstić information content (AvgIpc) is 3.00. The SMILES string of the molecule is Cc1ccc(C)c(NC(=O)Cc2csc(Nc3ccc(F)cc3)n2)c1. The lowest BCUT2D eigenvalue weighted by molar-refractivity contribution is -0.115. The number of carbonyl (C=O) groups is 1. The zero-order valence-corrected chi connectivity index (χ0v) is 14.8. The number of thiazole rings is 1. The molecule has 0 spiro atoms. The van der Waals surface area contributed by atoms with E-state index in [9.17, 15) is 9.18 Å². The molecular formula is C19H18FN3OS. The van der Waals surface area contributed by atoms with E-state index in [2.05, 4.69) is 15.6 Å².